The number of fused-ring (bicyclic) bond motifs is 1. The van der Waals surface area contributed by atoms with E-state index in [4.69, 9.17) is 24.3 Å². The molecule has 3 aromatic rings. The van der Waals surface area contributed by atoms with Gasteiger partial charge in [-0.3, -0.25) is 9.32 Å². The summed E-state index contributed by atoms with van der Waals surface area (Å²) in [5.74, 6) is -0.515. The van der Waals surface area contributed by atoms with Crippen molar-refractivity contribution in [3.8, 4) is 17.4 Å². The minimum atomic E-state index is -4.10. The molecule has 0 fully saturated rings. The second kappa shape index (κ2) is 10.5. The van der Waals surface area contributed by atoms with Crippen LogP contribution in [-0.4, -0.2) is 57.5 Å². The normalized spacial score (nSPS) is 19.6. The summed E-state index contributed by atoms with van der Waals surface area (Å²) in [6.45, 7) is 1.35. The van der Waals surface area contributed by atoms with Crippen molar-refractivity contribution in [2.75, 3.05) is 26.6 Å². The molecule has 4 rings (SSSR count). The van der Waals surface area contributed by atoms with E-state index in [-0.39, 0.29) is 36.1 Å². The molecular formula is C22H27N6O7P. The molecule has 4 N–H and O–H groups in total. The number of nitrogen functional groups attached to an aromatic ring is 1. The molecule has 0 saturated carbocycles. The van der Waals surface area contributed by atoms with Crippen LogP contribution in [0.2, 0.25) is 0 Å². The molecule has 0 aliphatic heterocycles. The lowest BCUT2D eigenvalue weighted by Crippen LogP contribution is -2.33. The molecule has 0 amide bonds. The number of rotatable bonds is 11. The van der Waals surface area contributed by atoms with Gasteiger partial charge in [0, 0.05) is 5.92 Å². The number of carboxylic acids is 1. The van der Waals surface area contributed by atoms with Crippen LogP contribution in [0.1, 0.15) is 19.4 Å². The van der Waals surface area contributed by atoms with Crippen molar-refractivity contribution in [1.29, 1.82) is 0 Å². The molecule has 1 aliphatic carbocycles. The van der Waals surface area contributed by atoms with Crippen LogP contribution in [0.3, 0.4) is 0 Å². The van der Waals surface area contributed by atoms with Gasteiger partial charge in [-0.05, 0) is 25.5 Å². The number of aliphatic carboxylic acids is 1. The molecule has 2 aromatic heterocycles. The molecule has 0 bridgehead atoms. The number of carboxylic acid groups (broad SMARTS) is 1. The van der Waals surface area contributed by atoms with E-state index in [9.17, 15) is 14.5 Å². The maximum absolute atomic E-state index is 13.6. The first-order chi connectivity index (χ1) is 17.2. The molecule has 192 valence electrons. The monoisotopic (exact) mass is 518 g/mol. The van der Waals surface area contributed by atoms with Crippen LogP contribution in [0.4, 0.5) is 5.95 Å². The van der Waals surface area contributed by atoms with Crippen LogP contribution in [0.5, 0.6) is 17.4 Å². The Labute approximate surface area is 206 Å². The number of aromatic nitrogens is 4. The number of nitrogens with one attached hydrogen (secondary N) is 1. The van der Waals surface area contributed by atoms with Gasteiger partial charge in [0.15, 0.2) is 22.7 Å². The Morgan fingerprint density at radius 3 is 2.69 bits per heavy atom. The Kier molecular flexibility index (Phi) is 7.43. The van der Waals surface area contributed by atoms with Gasteiger partial charge in [0.2, 0.25) is 11.8 Å². The molecule has 0 spiro atoms. The number of allylic oxidation sites excluding steroid dienone is 1. The Hall–Kier alpha value is -3.67. The number of anilines is 1. The largest absolute Gasteiger partial charge is 0.493 e. The summed E-state index contributed by atoms with van der Waals surface area (Å²) in [4.78, 5) is 24.1. The lowest BCUT2D eigenvalue weighted by Gasteiger charge is -2.24. The first kappa shape index (κ1) is 25.4. The number of ether oxygens (including phenoxy) is 2. The Balaban J connectivity index is 1.49. The standard InChI is InChI=1S/C22H27N6O7P/c1-13(21(29)30)27-36(31,35-17-7-5-4-6-16(17)32-2)34-11-14-8-9-15(10-14)28-12-24-18-19(28)25-22(23)26-20(18)33-3/h4-9,12-15H,10-11H2,1-3H3,(H,27,31)(H,29,30)(H2,23,25,26)/t13-,14+,15-,36?/m0/s1. The average Bonchev–Trinajstić information content (AvgIpc) is 3.49. The van der Waals surface area contributed by atoms with Gasteiger partial charge in [0.1, 0.15) is 6.04 Å². The van der Waals surface area contributed by atoms with Gasteiger partial charge in [-0.15, -0.1) is 0 Å². The van der Waals surface area contributed by atoms with E-state index in [0.29, 0.717) is 23.3 Å². The highest BCUT2D eigenvalue weighted by atomic mass is 31.2. The van der Waals surface area contributed by atoms with E-state index in [1.807, 2.05) is 16.7 Å². The first-order valence-corrected chi connectivity index (χ1v) is 12.6. The van der Waals surface area contributed by atoms with Gasteiger partial charge in [0.05, 0.1) is 33.2 Å². The summed E-state index contributed by atoms with van der Waals surface area (Å²) in [6, 6.07) is 5.28. The first-order valence-electron chi connectivity index (χ1n) is 11.0. The molecule has 2 heterocycles. The van der Waals surface area contributed by atoms with Crippen molar-refractivity contribution in [3.05, 3.63) is 42.7 Å². The molecule has 14 heteroatoms. The molecule has 1 aromatic carbocycles. The van der Waals surface area contributed by atoms with Gasteiger partial charge in [-0.1, -0.05) is 24.3 Å². The summed E-state index contributed by atoms with van der Waals surface area (Å²) < 4.78 is 37.3. The molecule has 1 aliphatic rings. The lowest BCUT2D eigenvalue weighted by molar-refractivity contribution is -0.138. The van der Waals surface area contributed by atoms with Crippen LogP contribution in [0, 0.1) is 5.92 Å². The highest BCUT2D eigenvalue weighted by Crippen LogP contribution is 2.48. The lowest BCUT2D eigenvalue weighted by atomic mass is 10.1. The highest BCUT2D eigenvalue weighted by molar-refractivity contribution is 7.52. The Morgan fingerprint density at radius 1 is 1.25 bits per heavy atom. The second-order valence-corrected chi connectivity index (χ2v) is 9.78. The number of hydrogen-bond donors (Lipinski definition) is 3. The third-order valence-corrected chi connectivity index (χ3v) is 7.20. The van der Waals surface area contributed by atoms with Crippen molar-refractivity contribution in [3.63, 3.8) is 0 Å². The van der Waals surface area contributed by atoms with Crippen LogP contribution in [0.25, 0.3) is 11.2 Å². The zero-order valence-electron chi connectivity index (χ0n) is 19.9. The summed E-state index contributed by atoms with van der Waals surface area (Å²) in [6.07, 6.45) is 6.09. The fourth-order valence-corrected chi connectivity index (χ4v) is 5.34. The van der Waals surface area contributed by atoms with Gasteiger partial charge >= 0.3 is 13.7 Å². The number of nitrogens with two attached hydrogens (primary N) is 1. The number of methoxy groups -OCH3 is 2. The number of carbonyl (C=O) groups is 1. The van der Waals surface area contributed by atoms with Gasteiger partial charge in [-0.2, -0.15) is 15.1 Å². The number of imidazole rings is 1. The second-order valence-electron chi connectivity index (χ2n) is 8.09. The number of nitrogens with zero attached hydrogens (tertiary/aromatic N) is 4. The average molecular weight is 518 g/mol. The van der Waals surface area contributed by atoms with Crippen molar-refractivity contribution in [2.45, 2.75) is 25.4 Å². The summed E-state index contributed by atoms with van der Waals surface area (Å²) in [7, 11) is -1.17. The van der Waals surface area contributed by atoms with Crippen molar-refractivity contribution in [1.82, 2.24) is 24.6 Å². The van der Waals surface area contributed by atoms with E-state index < -0.39 is 19.8 Å². The molecule has 13 nitrogen and oxygen atoms in total. The maximum atomic E-state index is 13.6. The molecule has 36 heavy (non-hydrogen) atoms. The number of benzene rings is 1. The summed E-state index contributed by atoms with van der Waals surface area (Å²) in [5, 5.41) is 11.8. The SMILES string of the molecule is COc1ccccc1OP(=O)(N[C@@H](C)C(=O)O)OC[C@@H]1C=C[C@H](n2cnc3c(OC)nc(N)nc32)C1. The van der Waals surface area contributed by atoms with Crippen LogP contribution in [-0.2, 0) is 13.9 Å². The predicted octanol–water partition coefficient (Wildman–Crippen LogP) is 2.81. The molecule has 4 atom stereocenters. The Morgan fingerprint density at radius 2 is 2.00 bits per heavy atom. The third kappa shape index (κ3) is 5.43. The van der Waals surface area contributed by atoms with Gasteiger partial charge in [0.25, 0.3) is 0 Å². The number of para-hydroxylation sites is 2. The Bertz CT molecular complexity index is 1330. The van der Waals surface area contributed by atoms with E-state index in [1.165, 1.54) is 21.1 Å². The van der Waals surface area contributed by atoms with E-state index in [0.717, 1.165) is 0 Å². The van der Waals surface area contributed by atoms with E-state index >= 15 is 0 Å². The molecule has 0 saturated heterocycles. The molecule has 0 radical (unpaired) electrons. The fraction of sp³-hybridized carbons (Fsp3) is 0.364. The topological polar surface area (TPSA) is 173 Å². The highest BCUT2D eigenvalue weighted by Gasteiger charge is 2.34. The molecule has 1 unspecified atom stereocenters. The van der Waals surface area contributed by atoms with Crippen molar-refractivity contribution >= 4 is 30.8 Å². The van der Waals surface area contributed by atoms with E-state index in [2.05, 4.69) is 20.0 Å². The van der Waals surface area contributed by atoms with Gasteiger partial charge < -0.3 is 29.4 Å². The summed E-state index contributed by atoms with van der Waals surface area (Å²) in [5.41, 5.74) is 6.82. The summed E-state index contributed by atoms with van der Waals surface area (Å²) >= 11 is 0. The molecular weight excluding hydrogens is 491 g/mol. The quantitative estimate of drug-likeness (QED) is 0.251. The van der Waals surface area contributed by atoms with Crippen molar-refractivity contribution < 1.29 is 33.0 Å². The number of hydrogen-bond acceptors (Lipinski definition) is 10. The zero-order valence-corrected chi connectivity index (χ0v) is 20.8. The van der Waals surface area contributed by atoms with Crippen molar-refractivity contribution in [2.24, 2.45) is 5.92 Å². The van der Waals surface area contributed by atoms with Crippen LogP contribution >= 0.6 is 7.75 Å². The van der Waals surface area contributed by atoms with Gasteiger partial charge in [-0.25, -0.2) is 9.55 Å². The minimum absolute atomic E-state index is 0.00579. The van der Waals surface area contributed by atoms with E-state index in [1.54, 1.807) is 30.6 Å². The van der Waals surface area contributed by atoms with Crippen LogP contribution in [0.15, 0.2) is 42.7 Å². The minimum Gasteiger partial charge on any atom is -0.493 e. The van der Waals surface area contributed by atoms with Crippen LogP contribution < -0.4 is 24.8 Å². The predicted molar refractivity (Wildman–Crippen MR) is 130 cm³/mol. The maximum Gasteiger partial charge on any atom is 0.459 e. The smallest absolute Gasteiger partial charge is 0.459 e. The zero-order chi connectivity index (χ0) is 25.9. The fourth-order valence-electron chi connectivity index (χ4n) is 3.77. The third-order valence-electron chi connectivity index (χ3n) is 5.58.